The fourth-order valence-corrected chi connectivity index (χ4v) is 1.90. The van der Waals surface area contributed by atoms with Crippen LogP contribution in [0.3, 0.4) is 0 Å². The van der Waals surface area contributed by atoms with Crippen LogP contribution in [-0.2, 0) is 0 Å². The van der Waals surface area contributed by atoms with E-state index >= 15 is 0 Å². The van der Waals surface area contributed by atoms with Gasteiger partial charge in [0.05, 0.1) is 6.61 Å². The monoisotopic (exact) mass is 266 g/mol. The molecule has 1 aromatic carbocycles. The van der Waals surface area contributed by atoms with E-state index in [1.165, 1.54) is 44.7 Å². The number of ether oxygens (including phenoxy) is 1. The maximum absolute atomic E-state index is 13.6. The van der Waals surface area contributed by atoms with Gasteiger partial charge in [-0.3, -0.25) is 4.79 Å². The van der Waals surface area contributed by atoms with E-state index in [2.05, 4.69) is 6.92 Å². The van der Waals surface area contributed by atoms with Gasteiger partial charge in [0.1, 0.15) is 0 Å². The van der Waals surface area contributed by atoms with Crippen molar-refractivity contribution in [2.75, 3.05) is 6.61 Å². The first kappa shape index (κ1) is 15.7. The van der Waals surface area contributed by atoms with Crippen molar-refractivity contribution in [1.29, 1.82) is 0 Å². The Bertz CT molecular complexity index is 402. The van der Waals surface area contributed by atoms with Crippen LogP contribution >= 0.6 is 0 Å². The van der Waals surface area contributed by atoms with E-state index in [-0.39, 0.29) is 11.5 Å². The Morgan fingerprint density at radius 3 is 2.47 bits per heavy atom. The molecule has 0 amide bonds. The summed E-state index contributed by atoms with van der Waals surface area (Å²) in [6.07, 6.45) is 7.05. The van der Waals surface area contributed by atoms with E-state index < -0.39 is 5.82 Å². The molecule has 2 nitrogen and oxygen atoms in total. The summed E-state index contributed by atoms with van der Waals surface area (Å²) in [4.78, 5) is 11.1. The summed E-state index contributed by atoms with van der Waals surface area (Å²) in [5, 5.41) is 0. The van der Waals surface area contributed by atoms with Crippen LogP contribution in [0, 0.1) is 5.82 Å². The Kier molecular flexibility index (Phi) is 7.16. The smallest absolute Gasteiger partial charge is 0.165 e. The summed E-state index contributed by atoms with van der Waals surface area (Å²) in [5.74, 6) is -0.362. The van der Waals surface area contributed by atoms with E-state index in [9.17, 15) is 9.18 Å². The molecule has 0 aliphatic heterocycles. The molecular weight excluding hydrogens is 243 g/mol. The fraction of sp³-hybridized carbons (Fsp3) is 0.562. The number of carbonyl (C=O) groups is 1. The minimum atomic E-state index is -0.460. The number of rotatable bonds is 9. The Morgan fingerprint density at radius 2 is 1.84 bits per heavy atom. The Balaban J connectivity index is 2.28. The molecule has 1 aromatic rings. The largest absolute Gasteiger partial charge is 0.491 e. The Hall–Kier alpha value is -1.38. The van der Waals surface area contributed by atoms with Crippen LogP contribution in [0.5, 0.6) is 5.75 Å². The van der Waals surface area contributed by atoms with E-state index in [0.717, 1.165) is 12.8 Å². The van der Waals surface area contributed by atoms with Crippen LogP contribution in [0.15, 0.2) is 18.2 Å². The third-order valence-electron chi connectivity index (χ3n) is 3.09. The van der Waals surface area contributed by atoms with Crippen molar-refractivity contribution in [3.63, 3.8) is 0 Å². The maximum Gasteiger partial charge on any atom is 0.165 e. The molecule has 19 heavy (non-hydrogen) atoms. The normalized spacial score (nSPS) is 10.5. The Labute approximate surface area is 115 Å². The SMILES string of the molecule is CCCCCCCCOc1ccc(C(C)=O)cc1F. The zero-order valence-electron chi connectivity index (χ0n) is 11.9. The van der Waals surface area contributed by atoms with Gasteiger partial charge in [0.15, 0.2) is 17.3 Å². The van der Waals surface area contributed by atoms with Crippen molar-refractivity contribution in [1.82, 2.24) is 0 Å². The molecule has 0 aliphatic rings. The Morgan fingerprint density at radius 1 is 1.16 bits per heavy atom. The van der Waals surface area contributed by atoms with E-state index in [0.29, 0.717) is 12.2 Å². The van der Waals surface area contributed by atoms with Crippen LogP contribution in [0.25, 0.3) is 0 Å². The quantitative estimate of drug-likeness (QED) is 0.475. The molecule has 0 saturated carbocycles. The lowest BCUT2D eigenvalue weighted by Crippen LogP contribution is -2.01. The van der Waals surface area contributed by atoms with Gasteiger partial charge in [-0.05, 0) is 31.5 Å². The third-order valence-corrected chi connectivity index (χ3v) is 3.09. The lowest BCUT2D eigenvalue weighted by Gasteiger charge is -2.08. The first-order valence-corrected chi connectivity index (χ1v) is 7.08. The van der Waals surface area contributed by atoms with E-state index in [1.807, 2.05) is 0 Å². The molecule has 0 aromatic heterocycles. The van der Waals surface area contributed by atoms with Crippen LogP contribution in [0.4, 0.5) is 4.39 Å². The highest BCUT2D eigenvalue weighted by molar-refractivity contribution is 5.94. The topological polar surface area (TPSA) is 26.3 Å². The highest BCUT2D eigenvalue weighted by atomic mass is 19.1. The molecule has 3 heteroatoms. The number of carbonyl (C=O) groups excluding carboxylic acids is 1. The molecule has 0 atom stereocenters. The third kappa shape index (κ3) is 5.86. The first-order chi connectivity index (χ1) is 9.15. The van der Waals surface area contributed by atoms with Gasteiger partial charge in [0.2, 0.25) is 0 Å². The van der Waals surface area contributed by atoms with Gasteiger partial charge < -0.3 is 4.74 Å². The van der Waals surface area contributed by atoms with Crippen molar-refractivity contribution >= 4 is 5.78 Å². The molecule has 0 saturated heterocycles. The van der Waals surface area contributed by atoms with Crippen LogP contribution in [0.2, 0.25) is 0 Å². The number of halogens is 1. The summed E-state index contributed by atoms with van der Waals surface area (Å²) in [6.45, 7) is 4.14. The van der Waals surface area contributed by atoms with Gasteiger partial charge in [-0.2, -0.15) is 0 Å². The minimum absolute atomic E-state index is 0.138. The molecule has 0 fully saturated rings. The highest BCUT2D eigenvalue weighted by Crippen LogP contribution is 2.19. The number of benzene rings is 1. The fourth-order valence-electron chi connectivity index (χ4n) is 1.90. The minimum Gasteiger partial charge on any atom is -0.491 e. The van der Waals surface area contributed by atoms with E-state index in [4.69, 9.17) is 4.74 Å². The summed E-state index contributed by atoms with van der Waals surface area (Å²) < 4.78 is 19.0. The maximum atomic E-state index is 13.6. The summed E-state index contributed by atoms with van der Waals surface area (Å²) in [7, 11) is 0. The summed E-state index contributed by atoms with van der Waals surface area (Å²) in [5.41, 5.74) is 0.379. The highest BCUT2D eigenvalue weighted by Gasteiger charge is 2.07. The number of hydrogen-bond donors (Lipinski definition) is 0. The number of unbranched alkanes of at least 4 members (excludes halogenated alkanes) is 5. The molecule has 0 aliphatic carbocycles. The van der Waals surface area contributed by atoms with Gasteiger partial charge in [-0.25, -0.2) is 4.39 Å². The van der Waals surface area contributed by atoms with Gasteiger partial charge in [-0.15, -0.1) is 0 Å². The predicted octanol–water partition coefficient (Wildman–Crippen LogP) is 4.77. The number of Topliss-reactive ketones (excluding diaryl/α,β-unsaturated/α-hetero) is 1. The summed E-state index contributed by atoms with van der Waals surface area (Å²) >= 11 is 0. The van der Waals surface area contributed by atoms with Crippen molar-refractivity contribution < 1.29 is 13.9 Å². The van der Waals surface area contributed by atoms with Gasteiger partial charge >= 0.3 is 0 Å². The van der Waals surface area contributed by atoms with Gasteiger partial charge in [0.25, 0.3) is 0 Å². The standard InChI is InChI=1S/C16H23FO2/c1-3-4-5-6-7-8-11-19-16-10-9-14(13(2)18)12-15(16)17/h9-10,12H,3-8,11H2,1-2H3. The molecule has 1 rings (SSSR count). The van der Waals surface area contributed by atoms with Gasteiger partial charge in [-0.1, -0.05) is 39.0 Å². The molecule has 0 unspecified atom stereocenters. The molecule has 0 heterocycles. The molecule has 0 N–H and O–H groups in total. The second kappa shape index (κ2) is 8.68. The van der Waals surface area contributed by atoms with E-state index in [1.54, 1.807) is 6.07 Å². The van der Waals surface area contributed by atoms with Crippen LogP contribution < -0.4 is 4.74 Å². The second-order valence-corrected chi connectivity index (χ2v) is 4.82. The zero-order chi connectivity index (χ0) is 14.1. The lowest BCUT2D eigenvalue weighted by molar-refractivity contribution is 0.101. The first-order valence-electron chi connectivity index (χ1n) is 7.08. The van der Waals surface area contributed by atoms with Crippen LogP contribution in [0.1, 0.15) is 62.7 Å². The zero-order valence-corrected chi connectivity index (χ0v) is 11.9. The molecule has 0 spiro atoms. The molecule has 0 bridgehead atoms. The van der Waals surface area contributed by atoms with Crippen molar-refractivity contribution in [2.24, 2.45) is 0 Å². The van der Waals surface area contributed by atoms with Crippen molar-refractivity contribution in [3.05, 3.63) is 29.6 Å². The summed E-state index contributed by atoms with van der Waals surface area (Å²) in [6, 6.07) is 4.37. The molecule has 106 valence electrons. The molecule has 0 radical (unpaired) electrons. The average Bonchev–Trinajstić information content (AvgIpc) is 2.39. The molecular formula is C16H23FO2. The number of ketones is 1. The van der Waals surface area contributed by atoms with Crippen molar-refractivity contribution in [2.45, 2.75) is 52.4 Å². The number of hydrogen-bond acceptors (Lipinski definition) is 2. The second-order valence-electron chi connectivity index (χ2n) is 4.82. The van der Waals surface area contributed by atoms with Gasteiger partial charge in [0, 0.05) is 5.56 Å². The van der Waals surface area contributed by atoms with Crippen molar-refractivity contribution in [3.8, 4) is 5.75 Å². The van der Waals surface area contributed by atoms with Crippen LogP contribution in [-0.4, -0.2) is 12.4 Å². The lowest BCUT2D eigenvalue weighted by atomic mass is 10.1. The average molecular weight is 266 g/mol. The predicted molar refractivity (Wildman–Crippen MR) is 75.3 cm³/mol.